The summed E-state index contributed by atoms with van der Waals surface area (Å²) in [6, 6.07) is 7.46. The van der Waals surface area contributed by atoms with Crippen molar-refractivity contribution < 1.29 is 9.53 Å². The van der Waals surface area contributed by atoms with Gasteiger partial charge >= 0.3 is 0 Å². The van der Waals surface area contributed by atoms with Crippen LogP contribution in [0.25, 0.3) is 10.9 Å². The maximum atomic E-state index is 11.6. The number of nitrogens with zero attached hydrogens (tertiary/aromatic N) is 1. The molecule has 3 nitrogen and oxygen atoms in total. The van der Waals surface area contributed by atoms with Crippen LogP contribution in [-0.2, 0) is 0 Å². The zero-order chi connectivity index (χ0) is 12.4. The highest BCUT2D eigenvalue weighted by Crippen LogP contribution is 2.24. The zero-order valence-electron chi connectivity index (χ0n) is 10.3. The lowest BCUT2D eigenvalue weighted by molar-refractivity contribution is 0.101. The summed E-state index contributed by atoms with van der Waals surface area (Å²) in [5.41, 5.74) is 2.39. The number of fused-ring (bicyclic) bond motifs is 1. The molecule has 0 aliphatic heterocycles. The number of carbonyl (C=O) groups excluding carboxylic acids is 1. The fourth-order valence-corrected chi connectivity index (χ4v) is 1.89. The molecule has 0 saturated heterocycles. The van der Waals surface area contributed by atoms with E-state index < -0.39 is 0 Å². The number of hydrogen-bond acceptors (Lipinski definition) is 3. The Hall–Kier alpha value is -1.90. The van der Waals surface area contributed by atoms with E-state index in [0.29, 0.717) is 12.2 Å². The predicted octanol–water partition coefficient (Wildman–Crippen LogP) is 3.14. The standard InChI is InChI=1S/C14H15NO2/c1-4-17-11-5-6-14-13(8-11)12(10(3)16)7-9(2)15-14/h5-8H,4H2,1-3H3. The highest BCUT2D eigenvalue weighted by molar-refractivity contribution is 6.06. The second-order valence-electron chi connectivity index (χ2n) is 3.98. The van der Waals surface area contributed by atoms with Gasteiger partial charge in [-0.1, -0.05) is 0 Å². The molecule has 0 N–H and O–H groups in total. The van der Waals surface area contributed by atoms with Crippen LogP contribution in [0.2, 0.25) is 0 Å². The van der Waals surface area contributed by atoms with E-state index in [4.69, 9.17) is 4.74 Å². The molecule has 0 fully saturated rings. The lowest BCUT2D eigenvalue weighted by Gasteiger charge is -2.08. The van der Waals surface area contributed by atoms with E-state index in [1.54, 1.807) is 6.92 Å². The van der Waals surface area contributed by atoms with Crippen LogP contribution in [0.1, 0.15) is 29.9 Å². The van der Waals surface area contributed by atoms with Crippen LogP contribution in [0.15, 0.2) is 24.3 Å². The molecular weight excluding hydrogens is 214 g/mol. The van der Waals surface area contributed by atoms with Gasteiger partial charge in [-0.25, -0.2) is 0 Å². The van der Waals surface area contributed by atoms with Crippen LogP contribution in [0.3, 0.4) is 0 Å². The van der Waals surface area contributed by atoms with Crippen LogP contribution in [0.4, 0.5) is 0 Å². The molecule has 0 bridgehead atoms. The van der Waals surface area contributed by atoms with Gasteiger partial charge in [-0.05, 0) is 45.0 Å². The van der Waals surface area contributed by atoms with Crippen LogP contribution >= 0.6 is 0 Å². The number of carbonyl (C=O) groups is 1. The SMILES string of the molecule is CCOc1ccc2nc(C)cc(C(C)=O)c2c1. The molecule has 0 amide bonds. The average Bonchev–Trinajstić information content (AvgIpc) is 2.28. The van der Waals surface area contributed by atoms with Crippen molar-refractivity contribution in [2.45, 2.75) is 20.8 Å². The normalized spacial score (nSPS) is 10.5. The molecule has 0 radical (unpaired) electrons. The van der Waals surface area contributed by atoms with E-state index >= 15 is 0 Å². The molecule has 3 heteroatoms. The zero-order valence-corrected chi connectivity index (χ0v) is 10.3. The van der Waals surface area contributed by atoms with E-state index in [9.17, 15) is 4.79 Å². The van der Waals surface area contributed by atoms with Gasteiger partial charge in [-0.15, -0.1) is 0 Å². The van der Waals surface area contributed by atoms with Crippen molar-refractivity contribution in [2.75, 3.05) is 6.61 Å². The first-order valence-electron chi connectivity index (χ1n) is 5.67. The van der Waals surface area contributed by atoms with E-state index in [2.05, 4.69) is 4.98 Å². The number of hydrogen-bond donors (Lipinski definition) is 0. The third-order valence-corrected chi connectivity index (χ3v) is 2.60. The highest BCUT2D eigenvalue weighted by atomic mass is 16.5. The predicted molar refractivity (Wildman–Crippen MR) is 67.7 cm³/mol. The Morgan fingerprint density at radius 2 is 2.12 bits per heavy atom. The summed E-state index contributed by atoms with van der Waals surface area (Å²) >= 11 is 0. The van der Waals surface area contributed by atoms with Gasteiger partial charge in [0.25, 0.3) is 0 Å². The van der Waals surface area contributed by atoms with Crippen LogP contribution in [-0.4, -0.2) is 17.4 Å². The summed E-state index contributed by atoms with van der Waals surface area (Å²) in [6.45, 7) is 6.01. The Morgan fingerprint density at radius 3 is 2.76 bits per heavy atom. The Morgan fingerprint density at radius 1 is 1.35 bits per heavy atom. The molecule has 1 heterocycles. The van der Waals surface area contributed by atoms with Crippen molar-refractivity contribution in [3.63, 3.8) is 0 Å². The minimum absolute atomic E-state index is 0.0501. The lowest BCUT2D eigenvalue weighted by atomic mass is 10.0. The Balaban J connectivity index is 2.69. The van der Waals surface area contributed by atoms with Crippen LogP contribution in [0, 0.1) is 6.92 Å². The maximum Gasteiger partial charge on any atom is 0.160 e. The van der Waals surface area contributed by atoms with E-state index in [1.165, 1.54) is 0 Å². The summed E-state index contributed by atoms with van der Waals surface area (Å²) in [5.74, 6) is 0.822. The molecule has 0 atom stereocenters. The molecular formula is C14H15NO2. The average molecular weight is 229 g/mol. The van der Waals surface area contributed by atoms with Gasteiger partial charge in [0.1, 0.15) is 5.75 Å². The Bertz CT molecular complexity index is 576. The first kappa shape index (κ1) is 11.6. The molecule has 1 aromatic carbocycles. The Labute approximate surface area is 100 Å². The van der Waals surface area contributed by atoms with Crippen molar-refractivity contribution in [3.8, 4) is 5.75 Å². The highest BCUT2D eigenvalue weighted by Gasteiger charge is 2.09. The molecule has 0 unspecified atom stereocenters. The third kappa shape index (κ3) is 2.28. The molecule has 1 aromatic heterocycles. The fourth-order valence-electron chi connectivity index (χ4n) is 1.89. The minimum atomic E-state index is 0.0501. The number of ether oxygens (including phenoxy) is 1. The smallest absolute Gasteiger partial charge is 0.160 e. The van der Waals surface area contributed by atoms with Crippen molar-refractivity contribution in [1.29, 1.82) is 0 Å². The second-order valence-corrected chi connectivity index (χ2v) is 3.98. The number of Topliss-reactive ketones (excluding diaryl/α,β-unsaturated/α-hetero) is 1. The molecule has 88 valence electrons. The van der Waals surface area contributed by atoms with Gasteiger partial charge < -0.3 is 4.74 Å². The monoisotopic (exact) mass is 229 g/mol. The van der Waals surface area contributed by atoms with E-state index in [0.717, 1.165) is 22.3 Å². The van der Waals surface area contributed by atoms with Crippen molar-refractivity contribution in [2.24, 2.45) is 0 Å². The largest absolute Gasteiger partial charge is 0.494 e. The van der Waals surface area contributed by atoms with Gasteiger partial charge in [0.15, 0.2) is 5.78 Å². The second kappa shape index (κ2) is 4.53. The summed E-state index contributed by atoms with van der Waals surface area (Å²) in [6.07, 6.45) is 0. The van der Waals surface area contributed by atoms with Gasteiger partial charge in [0.05, 0.1) is 12.1 Å². The summed E-state index contributed by atoms with van der Waals surface area (Å²) in [5, 5.41) is 0.856. The number of pyridine rings is 1. The fraction of sp³-hybridized carbons (Fsp3) is 0.286. The van der Waals surface area contributed by atoms with Crippen LogP contribution in [0.5, 0.6) is 5.75 Å². The first-order valence-corrected chi connectivity index (χ1v) is 5.67. The number of aryl methyl sites for hydroxylation is 1. The summed E-state index contributed by atoms with van der Waals surface area (Å²) < 4.78 is 5.44. The molecule has 17 heavy (non-hydrogen) atoms. The van der Waals surface area contributed by atoms with Gasteiger partial charge in [-0.2, -0.15) is 0 Å². The molecule has 0 aliphatic rings. The van der Waals surface area contributed by atoms with Gasteiger partial charge in [0, 0.05) is 16.6 Å². The molecule has 0 spiro atoms. The van der Waals surface area contributed by atoms with Gasteiger partial charge in [0.2, 0.25) is 0 Å². The van der Waals surface area contributed by atoms with E-state index in [1.807, 2.05) is 38.1 Å². The molecule has 2 rings (SSSR count). The van der Waals surface area contributed by atoms with E-state index in [-0.39, 0.29) is 5.78 Å². The van der Waals surface area contributed by atoms with Crippen molar-refractivity contribution in [3.05, 3.63) is 35.5 Å². The number of ketones is 1. The van der Waals surface area contributed by atoms with Gasteiger partial charge in [-0.3, -0.25) is 9.78 Å². The topological polar surface area (TPSA) is 39.2 Å². The quantitative estimate of drug-likeness (QED) is 0.759. The summed E-state index contributed by atoms with van der Waals surface area (Å²) in [4.78, 5) is 16.0. The minimum Gasteiger partial charge on any atom is -0.494 e. The molecule has 0 saturated carbocycles. The third-order valence-electron chi connectivity index (χ3n) is 2.60. The lowest BCUT2D eigenvalue weighted by Crippen LogP contribution is -1.98. The number of rotatable bonds is 3. The molecule has 2 aromatic rings. The Kier molecular flexibility index (Phi) is 3.09. The number of aromatic nitrogens is 1. The maximum absolute atomic E-state index is 11.6. The van der Waals surface area contributed by atoms with Crippen molar-refractivity contribution in [1.82, 2.24) is 4.98 Å². The van der Waals surface area contributed by atoms with Crippen molar-refractivity contribution >= 4 is 16.7 Å². The molecule has 0 aliphatic carbocycles. The summed E-state index contributed by atoms with van der Waals surface area (Å²) in [7, 11) is 0. The first-order chi connectivity index (χ1) is 8.11. The number of benzene rings is 1. The van der Waals surface area contributed by atoms with Crippen LogP contribution < -0.4 is 4.74 Å².